The summed E-state index contributed by atoms with van der Waals surface area (Å²) in [5.41, 5.74) is 11.7. The Labute approximate surface area is 196 Å². The predicted molar refractivity (Wildman–Crippen MR) is 139 cm³/mol. The molecule has 0 amide bonds. The van der Waals surface area contributed by atoms with E-state index >= 15 is 0 Å². The molecule has 1 heteroatoms. The maximum absolute atomic E-state index is 6.77. The van der Waals surface area contributed by atoms with E-state index in [-0.39, 0.29) is 0 Å². The Balaban J connectivity index is 1.86. The van der Waals surface area contributed by atoms with E-state index in [1.54, 1.807) is 0 Å². The molecule has 162 valence electrons. The second-order valence-electron chi connectivity index (χ2n) is 8.97. The second kappa shape index (κ2) is 8.60. The molecule has 0 aliphatic rings. The molecule has 0 aliphatic carbocycles. The summed E-state index contributed by atoms with van der Waals surface area (Å²) < 4.78 is 6.77. The average molecular weight is 429 g/mol. The van der Waals surface area contributed by atoms with Gasteiger partial charge in [-0.1, -0.05) is 119 Å². The molecule has 0 spiro atoms. The van der Waals surface area contributed by atoms with Gasteiger partial charge < -0.3 is 4.42 Å². The molecule has 4 aromatic carbocycles. The molecule has 1 heterocycles. The first kappa shape index (κ1) is 21.0. The molecule has 0 unspecified atom stereocenters. The Morgan fingerprint density at radius 1 is 0.333 bits per heavy atom. The van der Waals surface area contributed by atoms with E-state index in [0.717, 1.165) is 44.9 Å². The molecule has 5 rings (SSSR count). The van der Waals surface area contributed by atoms with Crippen molar-refractivity contribution in [3.8, 4) is 44.9 Å². The highest BCUT2D eigenvalue weighted by Gasteiger charge is 2.25. The van der Waals surface area contributed by atoms with Gasteiger partial charge in [-0.3, -0.25) is 0 Å². The Bertz CT molecular complexity index is 1270. The lowest BCUT2D eigenvalue weighted by Gasteiger charge is -2.10. The van der Waals surface area contributed by atoms with Crippen LogP contribution in [-0.2, 0) is 0 Å². The van der Waals surface area contributed by atoms with Crippen LogP contribution in [0.5, 0.6) is 0 Å². The van der Waals surface area contributed by atoms with Crippen molar-refractivity contribution < 1.29 is 4.42 Å². The van der Waals surface area contributed by atoms with Crippen LogP contribution in [0.1, 0.15) is 22.3 Å². The summed E-state index contributed by atoms with van der Waals surface area (Å²) in [7, 11) is 0. The lowest BCUT2D eigenvalue weighted by molar-refractivity contribution is 0.599. The molecule has 0 atom stereocenters. The molecule has 1 aromatic heterocycles. The Morgan fingerprint density at radius 3 is 0.848 bits per heavy atom. The third-order valence-electron chi connectivity index (χ3n) is 6.22. The quantitative estimate of drug-likeness (QED) is 0.278. The zero-order valence-electron chi connectivity index (χ0n) is 19.6. The van der Waals surface area contributed by atoms with Crippen LogP contribution in [0, 0.1) is 27.7 Å². The molecule has 0 bridgehead atoms. The normalized spacial score (nSPS) is 11.0. The van der Waals surface area contributed by atoms with Crippen LogP contribution in [0.2, 0.25) is 0 Å². The SMILES string of the molecule is Cc1ccc(-c2oc(-c3ccc(C)cc3)c(-c3ccc(C)cc3)c2-c2ccc(C)cc2)cc1. The number of aryl methyl sites for hydroxylation is 4. The lowest BCUT2D eigenvalue weighted by Crippen LogP contribution is -1.87. The van der Waals surface area contributed by atoms with Crippen molar-refractivity contribution in [3.63, 3.8) is 0 Å². The van der Waals surface area contributed by atoms with E-state index in [0.29, 0.717) is 0 Å². The van der Waals surface area contributed by atoms with E-state index in [1.165, 1.54) is 22.3 Å². The first-order valence-corrected chi connectivity index (χ1v) is 11.4. The van der Waals surface area contributed by atoms with Crippen molar-refractivity contribution in [2.45, 2.75) is 27.7 Å². The minimum Gasteiger partial charge on any atom is -0.455 e. The molecule has 5 aromatic rings. The van der Waals surface area contributed by atoms with E-state index in [4.69, 9.17) is 4.42 Å². The van der Waals surface area contributed by atoms with E-state index in [2.05, 4.69) is 125 Å². The third-order valence-corrected chi connectivity index (χ3v) is 6.22. The Morgan fingerprint density at radius 2 is 0.576 bits per heavy atom. The smallest absolute Gasteiger partial charge is 0.143 e. The van der Waals surface area contributed by atoms with Gasteiger partial charge in [0.15, 0.2) is 0 Å². The van der Waals surface area contributed by atoms with Gasteiger partial charge in [0, 0.05) is 22.3 Å². The third kappa shape index (κ3) is 4.15. The largest absolute Gasteiger partial charge is 0.455 e. The Hall–Kier alpha value is -3.84. The highest BCUT2D eigenvalue weighted by atomic mass is 16.3. The maximum atomic E-state index is 6.77. The molecule has 1 nitrogen and oxygen atoms in total. The van der Waals surface area contributed by atoms with Gasteiger partial charge in [0.25, 0.3) is 0 Å². The molecule has 0 radical (unpaired) electrons. The molecule has 0 saturated carbocycles. The van der Waals surface area contributed by atoms with Crippen molar-refractivity contribution >= 4 is 0 Å². The fraction of sp³-hybridized carbons (Fsp3) is 0.125. The van der Waals surface area contributed by atoms with E-state index in [1.807, 2.05) is 0 Å². The topological polar surface area (TPSA) is 13.1 Å². The number of rotatable bonds is 4. The molecule has 0 N–H and O–H groups in total. The van der Waals surface area contributed by atoms with Crippen LogP contribution < -0.4 is 0 Å². The number of hydrogen-bond acceptors (Lipinski definition) is 1. The summed E-state index contributed by atoms with van der Waals surface area (Å²) in [6.45, 7) is 8.47. The summed E-state index contributed by atoms with van der Waals surface area (Å²) in [6.07, 6.45) is 0. The van der Waals surface area contributed by atoms with Gasteiger partial charge >= 0.3 is 0 Å². The lowest BCUT2D eigenvalue weighted by atomic mass is 9.90. The minimum absolute atomic E-state index is 0.907. The standard InChI is InChI=1S/C32H28O/c1-21-5-13-25(14-6-21)29-30(26-15-7-22(2)8-16-26)32(28-19-11-24(4)12-20-28)33-31(29)27-17-9-23(3)10-18-27/h5-20H,1-4H3. The fourth-order valence-corrected chi connectivity index (χ4v) is 4.24. The van der Waals surface area contributed by atoms with Gasteiger partial charge in [0.1, 0.15) is 11.5 Å². The van der Waals surface area contributed by atoms with Crippen LogP contribution >= 0.6 is 0 Å². The van der Waals surface area contributed by atoms with Crippen molar-refractivity contribution in [2.75, 3.05) is 0 Å². The number of hydrogen-bond donors (Lipinski definition) is 0. The Kier molecular flexibility index (Phi) is 5.48. The predicted octanol–water partition coefficient (Wildman–Crippen LogP) is 9.18. The highest BCUT2D eigenvalue weighted by molar-refractivity contribution is 5.99. The van der Waals surface area contributed by atoms with Crippen LogP contribution in [0.4, 0.5) is 0 Å². The van der Waals surface area contributed by atoms with Crippen molar-refractivity contribution in [2.24, 2.45) is 0 Å². The first-order chi connectivity index (χ1) is 16.0. The van der Waals surface area contributed by atoms with E-state index < -0.39 is 0 Å². The summed E-state index contributed by atoms with van der Waals surface area (Å²) in [4.78, 5) is 0. The van der Waals surface area contributed by atoms with Crippen LogP contribution in [0.15, 0.2) is 101 Å². The molecule has 33 heavy (non-hydrogen) atoms. The van der Waals surface area contributed by atoms with Crippen LogP contribution in [0.25, 0.3) is 44.9 Å². The number of benzene rings is 4. The molecular formula is C32H28O. The summed E-state index contributed by atoms with van der Waals surface area (Å²) in [5.74, 6) is 1.81. The van der Waals surface area contributed by atoms with Gasteiger partial charge in [-0.25, -0.2) is 0 Å². The fourth-order valence-electron chi connectivity index (χ4n) is 4.24. The first-order valence-electron chi connectivity index (χ1n) is 11.4. The summed E-state index contributed by atoms with van der Waals surface area (Å²) in [5, 5.41) is 0. The van der Waals surface area contributed by atoms with Crippen LogP contribution in [-0.4, -0.2) is 0 Å². The van der Waals surface area contributed by atoms with Crippen molar-refractivity contribution in [3.05, 3.63) is 119 Å². The zero-order valence-corrected chi connectivity index (χ0v) is 19.6. The molecule has 0 fully saturated rings. The molecule has 0 saturated heterocycles. The van der Waals surface area contributed by atoms with Crippen molar-refractivity contribution in [1.29, 1.82) is 0 Å². The maximum Gasteiger partial charge on any atom is 0.143 e. The number of furan rings is 1. The average Bonchev–Trinajstić information content (AvgIpc) is 3.21. The highest BCUT2D eigenvalue weighted by Crippen LogP contribution is 2.48. The summed E-state index contributed by atoms with van der Waals surface area (Å²) >= 11 is 0. The minimum atomic E-state index is 0.907. The molecular weight excluding hydrogens is 400 g/mol. The van der Waals surface area contributed by atoms with Gasteiger partial charge in [-0.2, -0.15) is 0 Å². The zero-order chi connectivity index (χ0) is 22.9. The van der Waals surface area contributed by atoms with Crippen molar-refractivity contribution in [1.82, 2.24) is 0 Å². The molecule has 0 aliphatic heterocycles. The van der Waals surface area contributed by atoms with Gasteiger partial charge in [0.05, 0.1) is 0 Å². The summed E-state index contributed by atoms with van der Waals surface area (Å²) in [6, 6.07) is 34.7. The van der Waals surface area contributed by atoms with E-state index in [9.17, 15) is 0 Å². The van der Waals surface area contributed by atoms with Crippen LogP contribution in [0.3, 0.4) is 0 Å². The second-order valence-corrected chi connectivity index (χ2v) is 8.97. The van der Waals surface area contributed by atoms with Gasteiger partial charge in [-0.15, -0.1) is 0 Å². The monoisotopic (exact) mass is 428 g/mol. The van der Waals surface area contributed by atoms with Gasteiger partial charge in [-0.05, 0) is 38.8 Å². The van der Waals surface area contributed by atoms with Gasteiger partial charge in [0.2, 0.25) is 0 Å².